The number of amides is 2. The molecule has 1 aromatic heterocycles. The molecule has 7 heteroatoms. The third-order valence-electron chi connectivity index (χ3n) is 2.65. The van der Waals surface area contributed by atoms with E-state index in [0.717, 1.165) is 11.3 Å². The van der Waals surface area contributed by atoms with Crippen molar-refractivity contribution < 1.29 is 4.79 Å². The summed E-state index contributed by atoms with van der Waals surface area (Å²) < 4.78 is 1.68. The summed E-state index contributed by atoms with van der Waals surface area (Å²) in [6, 6.07) is 9.13. The monoisotopic (exact) mass is 291 g/mol. The van der Waals surface area contributed by atoms with Crippen LogP contribution in [-0.2, 0) is 6.54 Å². The lowest BCUT2D eigenvalue weighted by atomic mass is 10.2. The Labute approximate surface area is 121 Å². The number of hydrazone groups is 1. The van der Waals surface area contributed by atoms with Crippen LogP contribution >= 0.6 is 11.6 Å². The maximum Gasteiger partial charge on any atom is 0.332 e. The summed E-state index contributed by atoms with van der Waals surface area (Å²) >= 11 is 6.26. The van der Waals surface area contributed by atoms with E-state index < -0.39 is 6.03 Å². The molecule has 104 valence electrons. The minimum Gasteiger partial charge on any atom is -0.350 e. The van der Waals surface area contributed by atoms with Crippen LogP contribution in [0.5, 0.6) is 0 Å². The number of halogens is 1. The minimum atomic E-state index is -0.730. The summed E-state index contributed by atoms with van der Waals surface area (Å²) in [5.41, 5.74) is 9.51. The van der Waals surface area contributed by atoms with Crippen molar-refractivity contribution in [2.24, 2.45) is 10.8 Å². The minimum absolute atomic E-state index is 0.460. The normalized spacial score (nSPS) is 10.9. The Morgan fingerprint density at radius 3 is 2.85 bits per heavy atom. The fourth-order valence-corrected chi connectivity index (χ4v) is 2.02. The molecule has 2 amide bonds. The Hall–Kier alpha value is -2.34. The highest BCUT2D eigenvalue weighted by Gasteiger charge is 2.11. The van der Waals surface area contributed by atoms with E-state index in [-0.39, 0.29) is 0 Å². The van der Waals surface area contributed by atoms with Gasteiger partial charge in [-0.05, 0) is 12.5 Å². The van der Waals surface area contributed by atoms with Gasteiger partial charge in [0.1, 0.15) is 5.15 Å². The van der Waals surface area contributed by atoms with Crippen molar-refractivity contribution in [2.45, 2.75) is 13.5 Å². The second-order valence-corrected chi connectivity index (χ2v) is 4.53. The van der Waals surface area contributed by atoms with E-state index in [2.05, 4.69) is 15.6 Å². The quantitative estimate of drug-likeness (QED) is 0.666. The van der Waals surface area contributed by atoms with Crippen LogP contribution in [0.3, 0.4) is 0 Å². The van der Waals surface area contributed by atoms with Gasteiger partial charge in [-0.1, -0.05) is 41.9 Å². The van der Waals surface area contributed by atoms with Gasteiger partial charge in [0.05, 0.1) is 24.0 Å². The molecule has 0 unspecified atom stereocenters. The lowest BCUT2D eigenvalue weighted by Gasteiger charge is -2.03. The number of benzene rings is 1. The van der Waals surface area contributed by atoms with Crippen molar-refractivity contribution >= 4 is 23.8 Å². The molecule has 1 heterocycles. The SMILES string of the molecule is Cc1nn(Cc2ccccc2)c(Cl)c1/C=N/NC(N)=O. The Balaban J connectivity index is 2.20. The number of nitrogens with one attached hydrogen (secondary N) is 1. The summed E-state index contributed by atoms with van der Waals surface area (Å²) in [4.78, 5) is 10.5. The van der Waals surface area contributed by atoms with Crippen LogP contribution < -0.4 is 11.2 Å². The average molecular weight is 292 g/mol. The highest BCUT2D eigenvalue weighted by atomic mass is 35.5. The number of carbonyl (C=O) groups excluding carboxylic acids is 1. The zero-order valence-electron chi connectivity index (χ0n) is 10.9. The number of nitrogens with zero attached hydrogens (tertiary/aromatic N) is 3. The van der Waals surface area contributed by atoms with Gasteiger partial charge in [-0.2, -0.15) is 10.2 Å². The number of urea groups is 1. The molecule has 3 N–H and O–H groups in total. The number of carbonyl (C=O) groups is 1. The van der Waals surface area contributed by atoms with Gasteiger partial charge in [-0.3, -0.25) is 0 Å². The summed E-state index contributed by atoms with van der Waals surface area (Å²) in [5.74, 6) is 0. The highest BCUT2D eigenvalue weighted by Crippen LogP contribution is 2.19. The van der Waals surface area contributed by atoms with Crippen LogP contribution in [0.2, 0.25) is 5.15 Å². The highest BCUT2D eigenvalue weighted by molar-refractivity contribution is 6.32. The first-order valence-electron chi connectivity index (χ1n) is 5.93. The van der Waals surface area contributed by atoms with Gasteiger partial charge in [0.2, 0.25) is 0 Å². The topological polar surface area (TPSA) is 85.3 Å². The first kappa shape index (κ1) is 14.1. The summed E-state index contributed by atoms with van der Waals surface area (Å²) in [7, 11) is 0. The smallest absolute Gasteiger partial charge is 0.332 e. The molecule has 0 aliphatic rings. The van der Waals surface area contributed by atoms with E-state index in [0.29, 0.717) is 17.3 Å². The third kappa shape index (κ3) is 3.36. The fraction of sp³-hybridized carbons (Fsp3) is 0.154. The molecule has 0 atom stereocenters. The lowest BCUT2D eigenvalue weighted by Crippen LogP contribution is -2.24. The second kappa shape index (κ2) is 6.21. The first-order chi connectivity index (χ1) is 9.58. The van der Waals surface area contributed by atoms with Gasteiger partial charge < -0.3 is 5.73 Å². The van der Waals surface area contributed by atoms with Gasteiger partial charge in [-0.15, -0.1) is 0 Å². The molecule has 6 nitrogen and oxygen atoms in total. The Morgan fingerprint density at radius 2 is 2.20 bits per heavy atom. The summed E-state index contributed by atoms with van der Waals surface area (Å²) in [5, 5.41) is 8.51. The van der Waals surface area contributed by atoms with Gasteiger partial charge >= 0.3 is 6.03 Å². The zero-order valence-corrected chi connectivity index (χ0v) is 11.6. The Morgan fingerprint density at radius 1 is 1.50 bits per heavy atom. The van der Waals surface area contributed by atoms with E-state index in [1.54, 1.807) is 4.68 Å². The van der Waals surface area contributed by atoms with Crippen LogP contribution in [0.15, 0.2) is 35.4 Å². The zero-order chi connectivity index (χ0) is 14.5. The van der Waals surface area contributed by atoms with Crippen LogP contribution in [0, 0.1) is 6.92 Å². The van der Waals surface area contributed by atoms with Gasteiger partial charge in [0.25, 0.3) is 0 Å². The molecular weight excluding hydrogens is 278 g/mol. The van der Waals surface area contributed by atoms with Crippen molar-refractivity contribution in [3.63, 3.8) is 0 Å². The van der Waals surface area contributed by atoms with E-state index in [1.807, 2.05) is 37.3 Å². The first-order valence-corrected chi connectivity index (χ1v) is 6.31. The average Bonchev–Trinajstić information content (AvgIpc) is 2.67. The number of aryl methyl sites for hydroxylation is 1. The summed E-state index contributed by atoms with van der Waals surface area (Å²) in [6.45, 7) is 2.39. The molecule has 0 saturated carbocycles. The number of aromatic nitrogens is 2. The van der Waals surface area contributed by atoms with Crippen LogP contribution in [0.25, 0.3) is 0 Å². The number of rotatable bonds is 4. The van der Waals surface area contributed by atoms with Crippen molar-refractivity contribution in [1.82, 2.24) is 15.2 Å². The molecule has 0 aliphatic carbocycles. The fourth-order valence-electron chi connectivity index (χ4n) is 1.74. The predicted octanol–water partition coefficient (Wildman–Crippen LogP) is 1.90. The molecule has 0 radical (unpaired) electrons. The number of primary amides is 1. The lowest BCUT2D eigenvalue weighted by molar-refractivity contribution is 0.249. The molecule has 2 rings (SSSR count). The van der Waals surface area contributed by atoms with E-state index in [4.69, 9.17) is 17.3 Å². The van der Waals surface area contributed by atoms with Crippen LogP contribution in [0.1, 0.15) is 16.8 Å². The van der Waals surface area contributed by atoms with Crippen molar-refractivity contribution in [3.8, 4) is 0 Å². The maximum atomic E-state index is 10.5. The molecule has 0 fully saturated rings. The van der Waals surface area contributed by atoms with Gasteiger partial charge in [0.15, 0.2) is 0 Å². The molecule has 0 saturated heterocycles. The molecular formula is C13H14ClN5O. The van der Waals surface area contributed by atoms with Crippen molar-refractivity contribution in [2.75, 3.05) is 0 Å². The van der Waals surface area contributed by atoms with Crippen molar-refractivity contribution in [1.29, 1.82) is 0 Å². The molecule has 1 aromatic carbocycles. The molecule has 0 spiro atoms. The Kier molecular flexibility index (Phi) is 4.37. The van der Waals surface area contributed by atoms with Crippen molar-refractivity contribution in [3.05, 3.63) is 52.3 Å². The Bertz CT molecular complexity index is 636. The predicted molar refractivity (Wildman–Crippen MR) is 77.8 cm³/mol. The summed E-state index contributed by atoms with van der Waals surface area (Å²) in [6.07, 6.45) is 1.43. The van der Waals surface area contributed by atoms with Gasteiger partial charge in [0, 0.05) is 0 Å². The second-order valence-electron chi connectivity index (χ2n) is 4.17. The molecule has 2 aromatic rings. The number of hydrogen-bond acceptors (Lipinski definition) is 3. The third-order valence-corrected chi connectivity index (χ3v) is 3.05. The molecule has 0 bridgehead atoms. The standard InChI is InChI=1S/C13H14ClN5O/c1-9-11(7-16-17-13(15)20)12(14)19(18-9)8-10-5-3-2-4-6-10/h2-7H,8H2,1H3,(H3,15,17,20)/b16-7+. The van der Waals surface area contributed by atoms with E-state index in [1.165, 1.54) is 6.21 Å². The van der Waals surface area contributed by atoms with Crippen LogP contribution in [0.4, 0.5) is 4.79 Å². The molecule has 20 heavy (non-hydrogen) atoms. The van der Waals surface area contributed by atoms with E-state index in [9.17, 15) is 4.79 Å². The molecule has 0 aliphatic heterocycles. The van der Waals surface area contributed by atoms with Gasteiger partial charge in [-0.25, -0.2) is 14.9 Å². The number of nitrogens with two attached hydrogens (primary N) is 1. The largest absolute Gasteiger partial charge is 0.350 e. The van der Waals surface area contributed by atoms with E-state index >= 15 is 0 Å². The maximum absolute atomic E-state index is 10.5. The number of hydrogen-bond donors (Lipinski definition) is 2. The van der Waals surface area contributed by atoms with Crippen LogP contribution in [-0.4, -0.2) is 22.0 Å².